The van der Waals surface area contributed by atoms with E-state index in [1.807, 2.05) is 54.4 Å². The van der Waals surface area contributed by atoms with Crippen LogP contribution in [0.2, 0.25) is 0 Å². The molecule has 25 heavy (non-hydrogen) atoms. The number of carbonyl (C=O) groups excluding carboxylic acids is 1. The first kappa shape index (κ1) is 17.2. The summed E-state index contributed by atoms with van der Waals surface area (Å²) in [7, 11) is 3.75. The molecule has 0 radical (unpaired) electrons. The zero-order chi connectivity index (χ0) is 18.4. The van der Waals surface area contributed by atoms with Crippen molar-refractivity contribution < 1.29 is 4.79 Å². The van der Waals surface area contributed by atoms with E-state index in [1.54, 1.807) is 0 Å². The third-order valence-corrected chi connectivity index (χ3v) is 4.89. The van der Waals surface area contributed by atoms with Crippen molar-refractivity contribution in [2.45, 2.75) is 32.6 Å². The number of hydrogen-bond acceptors (Lipinski definition) is 5. The Kier molecular flexibility index (Phi) is 4.18. The summed E-state index contributed by atoms with van der Waals surface area (Å²) in [6, 6.07) is 12.0. The number of hydrogen-bond donors (Lipinski definition) is 1. The van der Waals surface area contributed by atoms with Crippen LogP contribution in [0, 0.1) is 16.7 Å². The summed E-state index contributed by atoms with van der Waals surface area (Å²) in [6.45, 7) is 4.19. The van der Waals surface area contributed by atoms with Gasteiger partial charge in [0.15, 0.2) is 5.78 Å². The second-order valence-electron chi connectivity index (χ2n) is 7.71. The standard InChI is InChI=1S/C20H24N4O/c1-20(2)10-15-18(16(25)11-20)17(13-8-6-5-7-9-13)14(12-21)19(22)24(15)23(3)4/h5-9,17H,10-11,22H2,1-4H3/t17-/m0/s1. The second kappa shape index (κ2) is 6.05. The highest BCUT2D eigenvalue weighted by Crippen LogP contribution is 2.48. The Morgan fingerprint density at radius 3 is 2.44 bits per heavy atom. The minimum absolute atomic E-state index is 0.104. The molecule has 0 bridgehead atoms. The van der Waals surface area contributed by atoms with Crippen LogP contribution in [0.3, 0.4) is 0 Å². The normalized spacial score (nSPS) is 23.0. The van der Waals surface area contributed by atoms with E-state index in [9.17, 15) is 10.1 Å². The van der Waals surface area contributed by atoms with Crippen LogP contribution in [0.4, 0.5) is 0 Å². The van der Waals surface area contributed by atoms with Crippen LogP contribution in [-0.4, -0.2) is 29.9 Å². The molecular formula is C20H24N4O. The third-order valence-electron chi connectivity index (χ3n) is 4.89. The quantitative estimate of drug-likeness (QED) is 0.899. The van der Waals surface area contributed by atoms with Gasteiger partial charge in [-0.1, -0.05) is 44.2 Å². The van der Waals surface area contributed by atoms with Gasteiger partial charge in [0.1, 0.15) is 5.82 Å². The molecule has 0 spiro atoms. The maximum Gasteiger partial charge on any atom is 0.162 e. The molecule has 0 aromatic heterocycles. The van der Waals surface area contributed by atoms with Crippen molar-refractivity contribution in [3.8, 4) is 6.07 Å². The predicted molar refractivity (Wildman–Crippen MR) is 96.6 cm³/mol. The van der Waals surface area contributed by atoms with Gasteiger partial charge in [0.05, 0.1) is 17.6 Å². The van der Waals surface area contributed by atoms with Gasteiger partial charge in [-0.05, 0) is 17.4 Å². The fourth-order valence-electron chi connectivity index (χ4n) is 3.93. The molecule has 5 heteroatoms. The van der Waals surface area contributed by atoms with Gasteiger partial charge in [0, 0.05) is 31.8 Å². The zero-order valence-electron chi connectivity index (χ0n) is 15.2. The summed E-state index contributed by atoms with van der Waals surface area (Å²) in [5.41, 5.74) is 9.26. The second-order valence-corrected chi connectivity index (χ2v) is 7.71. The van der Waals surface area contributed by atoms with Crippen molar-refractivity contribution in [2.75, 3.05) is 14.1 Å². The highest BCUT2D eigenvalue weighted by atomic mass is 16.1. The molecule has 0 saturated heterocycles. The van der Waals surface area contributed by atoms with E-state index in [-0.39, 0.29) is 17.1 Å². The third kappa shape index (κ3) is 2.83. The molecule has 1 heterocycles. The Labute approximate surface area is 149 Å². The number of rotatable bonds is 2. The maximum atomic E-state index is 13.1. The number of benzene rings is 1. The van der Waals surface area contributed by atoms with Gasteiger partial charge in [-0.2, -0.15) is 5.26 Å². The Hall–Kier alpha value is -2.58. The molecule has 0 fully saturated rings. The first-order valence-electron chi connectivity index (χ1n) is 8.45. The van der Waals surface area contributed by atoms with Crippen molar-refractivity contribution in [1.29, 1.82) is 5.26 Å². The molecule has 2 N–H and O–H groups in total. The summed E-state index contributed by atoms with van der Waals surface area (Å²) < 4.78 is 0. The molecule has 1 aromatic carbocycles. The topological polar surface area (TPSA) is 73.4 Å². The SMILES string of the molecule is CN(C)N1C(N)=C(C#N)[C@H](c2ccccc2)C2=C1CC(C)(C)CC2=O. The summed E-state index contributed by atoms with van der Waals surface area (Å²) in [4.78, 5) is 13.1. The minimum atomic E-state index is -0.388. The number of allylic oxidation sites excluding steroid dienone is 3. The molecule has 0 saturated carbocycles. The Morgan fingerprint density at radius 2 is 1.88 bits per heavy atom. The van der Waals surface area contributed by atoms with Crippen molar-refractivity contribution in [1.82, 2.24) is 10.0 Å². The van der Waals surface area contributed by atoms with Crippen LogP contribution in [0.25, 0.3) is 0 Å². The van der Waals surface area contributed by atoms with Gasteiger partial charge < -0.3 is 5.73 Å². The molecule has 5 nitrogen and oxygen atoms in total. The predicted octanol–water partition coefficient (Wildman–Crippen LogP) is 2.90. The lowest BCUT2D eigenvalue weighted by atomic mass is 9.69. The van der Waals surface area contributed by atoms with Crippen LogP contribution in [0.15, 0.2) is 53.0 Å². The average Bonchev–Trinajstić information content (AvgIpc) is 2.53. The summed E-state index contributed by atoms with van der Waals surface area (Å²) in [5, 5.41) is 13.5. The van der Waals surface area contributed by atoms with E-state index in [2.05, 4.69) is 19.9 Å². The average molecular weight is 336 g/mol. The van der Waals surface area contributed by atoms with Crippen LogP contribution in [0.1, 0.15) is 38.2 Å². The highest BCUT2D eigenvalue weighted by molar-refractivity contribution is 6.00. The minimum Gasteiger partial charge on any atom is -0.383 e. The monoisotopic (exact) mass is 336 g/mol. The molecule has 1 aliphatic heterocycles. The molecule has 1 atom stereocenters. The number of nitrogens with zero attached hydrogens (tertiary/aromatic N) is 3. The number of hydrazine groups is 1. The van der Waals surface area contributed by atoms with Crippen molar-refractivity contribution in [3.63, 3.8) is 0 Å². The molecule has 2 aliphatic rings. The van der Waals surface area contributed by atoms with E-state index >= 15 is 0 Å². The van der Waals surface area contributed by atoms with E-state index in [1.165, 1.54) is 0 Å². The van der Waals surface area contributed by atoms with Crippen molar-refractivity contribution in [2.24, 2.45) is 11.1 Å². The van der Waals surface area contributed by atoms with E-state index in [0.717, 1.165) is 17.7 Å². The summed E-state index contributed by atoms with van der Waals surface area (Å²) in [5.74, 6) is 0.124. The lowest BCUT2D eigenvalue weighted by Gasteiger charge is -2.45. The molecule has 130 valence electrons. The van der Waals surface area contributed by atoms with Crippen LogP contribution in [-0.2, 0) is 4.79 Å². The van der Waals surface area contributed by atoms with Gasteiger partial charge in [0.25, 0.3) is 0 Å². The molecule has 0 amide bonds. The fraction of sp³-hybridized carbons (Fsp3) is 0.400. The number of nitriles is 1. The molecule has 0 unspecified atom stereocenters. The summed E-state index contributed by atoms with van der Waals surface area (Å²) >= 11 is 0. The first-order chi connectivity index (χ1) is 11.8. The van der Waals surface area contributed by atoms with Crippen LogP contribution in [0.5, 0.6) is 0 Å². The lowest BCUT2D eigenvalue weighted by molar-refractivity contribution is -0.119. The first-order valence-corrected chi connectivity index (χ1v) is 8.45. The van der Waals surface area contributed by atoms with E-state index in [4.69, 9.17) is 5.73 Å². The van der Waals surface area contributed by atoms with Gasteiger partial charge in [-0.25, -0.2) is 5.01 Å². The molecule has 1 aliphatic carbocycles. The Morgan fingerprint density at radius 1 is 1.24 bits per heavy atom. The van der Waals surface area contributed by atoms with Gasteiger partial charge in [0.2, 0.25) is 0 Å². The molecule has 3 rings (SSSR count). The van der Waals surface area contributed by atoms with Crippen molar-refractivity contribution in [3.05, 3.63) is 58.6 Å². The lowest BCUT2D eigenvalue weighted by Crippen LogP contribution is -2.47. The van der Waals surface area contributed by atoms with Gasteiger partial charge >= 0.3 is 0 Å². The largest absolute Gasteiger partial charge is 0.383 e. The van der Waals surface area contributed by atoms with E-state index < -0.39 is 0 Å². The zero-order valence-corrected chi connectivity index (χ0v) is 15.2. The Bertz CT molecular complexity index is 812. The number of nitrogens with two attached hydrogens (primary N) is 1. The van der Waals surface area contributed by atoms with Gasteiger partial charge in [-0.15, -0.1) is 0 Å². The fourth-order valence-corrected chi connectivity index (χ4v) is 3.93. The molecular weight excluding hydrogens is 312 g/mol. The number of carbonyl (C=O) groups is 1. The van der Waals surface area contributed by atoms with Crippen LogP contribution < -0.4 is 5.73 Å². The molecule has 1 aromatic rings. The van der Waals surface area contributed by atoms with Gasteiger partial charge in [-0.3, -0.25) is 9.80 Å². The smallest absolute Gasteiger partial charge is 0.162 e. The van der Waals surface area contributed by atoms with Crippen molar-refractivity contribution >= 4 is 5.78 Å². The number of Topliss-reactive ketones (excluding diaryl/α,β-unsaturated/α-hetero) is 1. The Balaban J connectivity index is 2.28. The van der Waals surface area contributed by atoms with E-state index in [0.29, 0.717) is 23.4 Å². The summed E-state index contributed by atoms with van der Waals surface area (Å²) in [6.07, 6.45) is 1.23. The highest BCUT2D eigenvalue weighted by Gasteiger charge is 2.44. The van der Waals surface area contributed by atoms with Crippen LogP contribution >= 0.6 is 0 Å². The maximum absolute atomic E-state index is 13.1. The number of ketones is 1.